The number of benzene rings is 3. The van der Waals surface area contributed by atoms with Crippen LogP contribution in [0.1, 0.15) is 15.9 Å². The Morgan fingerprint density at radius 2 is 1.67 bits per heavy atom. The number of carbonyl (C=O) groups is 3. The Morgan fingerprint density at radius 3 is 2.36 bits per heavy atom. The molecule has 3 aromatic carbocycles. The molecule has 3 aromatic rings. The van der Waals surface area contributed by atoms with Crippen LogP contribution in [0.2, 0.25) is 10.0 Å². The zero-order valence-corrected chi connectivity index (χ0v) is 18.7. The standard InChI is InChI=1S/C23H17Cl2N3O5/c1-32-20-11-8-15(24)12-19(20)27-21(29)22(30)28-26-13-14-6-9-16(10-7-14)33-23(31)17-4-2-3-5-18(17)25/h2-13H,1H3,(H,27,29)(H,28,30)/b26-13+. The Labute approximate surface area is 199 Å². The minimum Gasteiger partial charge on any atom is -0.495 e. The summed E-state index contributed by atoms with van der Waals surface area (Å²) in [5.41, 5.74) is 3.21. The van der Waals surface area contributed by atoms with E-state index in [2.05, 4.69) is 15.8 Å². The van der Waals surface area contributed by atoms with Gasteiger partial charge in [0.15, 0.2) is 0 Å². The zero-order valence-electron chi connectivity index (χ0n) is 17.2. The van der Waals surface area contributed by atoms with Gasteiger partial charge in [-0.05, 0) is 60.2 Å². The van der Waals surface area contributed by atoms with Crippen molar-refractivity contribution in [2.45, 2.75) is 0 Å². The number of hydrazone groups is 1. The molecule has 10 heteroatoms. The van der Waals surface area contributed by atoms with Crippen molar-refractivity contribution in [2.75, 3.05) is 12.4 Å². The summed E-state index contributed by atoms with van der Waals surface area (Å²) < 4.78 is 10.4. The first-order chi connectivity index (χ1) is 15.9. The van der Waals surface area contributed by atoms with Gasteiger partial charge in [-0.1, -0.05) is 35.3 Å². The van der Waals surface area contributed by atoms with Crippen molar-refractivity contribution >= 4 is 52.9 Å². The summed E-state index contributed by atoms with van der Waals surface area (Å²) >= 11 is 11.9. The number of hydrogen-bond acceptors (Lipinski definition) is 6. The maximum atomic E-state index is 12.2. The van der Waals surface area contributed by atoms with Crippen LogP contribution in [0, 0.1) is 0 Å². The second kappa shape index (κ2) is 11.1. The maximum absolute atomic E-state index is 12.2. The average molecular weight is 486 g/mol. The minimum atomic E-state index is -0.987. The highest BCUT2D eigenvalue weighted by molar-refractivity contribution is 6.40. The van der Waals surface area contributed by atoms with Gasteiger partial charge in [-0.2, -0.15) is 5.10 Å². The van der Waals surface area contributed by atoms with E-state index in [1.165, 1.54) is 19.4 Å². The van der Waals surface area contributed by atoms with Gasteiger partial charge >= 0.3 is 17.8 Å². The Kier molecular flexibility index (Phi) is 8.01. The van der Waals surface area contributed by atoms with E-state index in [4.69, 9.17) is 32.7 Å². The number of nitrogens with one attached hydrogen (secondary N) is 2. The SMILES string of the molecule is COc1ccc(Cl)cc1NC(=O)C(=O)N/N=C/c1ccc(OC(=O)c2ccccc2Cl)cc1. The molecule has 0 aliphatic carbocycles. The predicted molar refractivity (Wildman–Crippen MR) is 125 cm³/mol. The van der Waals surface area contributed by atoms with Crippen LogP contribution in [0.4, 0.5) is 5.69 Å². The van der Waals surface area contributed by atoms with Crippen molar-refractivity contribution in [2.24, 2.45) is 5.10 Å². The third-order valence-corrected chi connectivity index (χ3v) is 4.74. The van der Waals surface area contributed by atoms with Gasteiger partial charge < -0.3 is 14.8 Å². The molecule has 0 heterocycles. The lowest BCUT2D eigenvalue weighted by molar-refractivity contribution is -0.136. The smallest absolute Gasteiger partial charge is 0.345 e. The second-order valence-corrected chi connectivity index (χ2v) is 7.28. The van der Waals surface area contributed by atoms with Gasteiger partial charge in [0.2, 0.25) is 0 Å². The van der Waals surface area contributed by atoms with E-state index in [9.17, 15) is 14.4 Å². The number of hydrogen-bond donors (Lipinski definition) is 2. The molecule has 33 heavy (non-hydrogen) atoms. The van der Waals surface area contributed by atoms with Crippen LogP contribution in [0.25, 0.3) is 0 Å². The first-order valence-corrected chi connectivity index (χ1v) is 10.2. The van der Waals surface area contributed by atoms with Gasteiger partial charge in [-0.3, -0.25) is 9.59 Å². The third kappa shape index (κ3) is 6.55. The summed E-state index contributed by atoms with van der Waals surface area (Å²) in [6, 6.07) is 17.5. The number of carbonyl (C=O) groups excluding carboxylic acids is 3. The molecule has 0 atom stereocenters. The molecular weight excluding hydrogens is 469 g/mol. The van der Waals surface area contributed by atoms with E-state index in [0.29, 0.717) is 27.1 Å². The fourth-order valence-corrected chi connectivity index (χ4v) is 2.97. The fourth-order valence-electron chi connectivity index (χ4n) is 2.58. The molecule has 3 rings (SSSR count). The monoisotopic (exact) mass is 485 g/mol. The Balaban J connectivity index is 1.54. The van der Waals surface area contributed by atoms with Crippen molar-refractivity contribution < 1.29 is 23.9 Å². The molecule has 8 nitrogen and oxygen atoms in total. The molecule has 0 aliphatic rings. The highest BCUT2D eigenvalue weighted by atomic mass is 35.5. The average Bonchev–Trinajstić information content (AvgIpc) is 2.80. The Bertz CT molecular complexity index is 1210. The molecule has 0 saturated carbocycles. The van der Waals surface area contributed by atoms with Crippen molar-refractivity contribution in [3.05, 3.63) is 87.9 Å². The maximum Gasteiger partial charge on any atom is 0.345 e. The van der Waals surface area contributed by atoms with Crippen LogP contribution in [-0.2, 0) is 9.59 Å². The predicted octanol–water partition coefficient (Wildman–Crippen LogP) is 4.31. The largest absolute Gasteiger partial charge is 0.495 e. The number of esters is 1. The molecule has 0 radical (unpaired) electrons. The topological polar surface area (TPSA) is 106 Å². The normalized spacial score (nSPS) is 10.5. The number of ether oxygens (including phenoxy) is 2. The van der Waals surface area contributed by atoms with Gasteiger partial charge in [0.05, 0.1) is 29.6 Å². The number of halogens is 2. The molecule has 2 amide bonds. The summed E-state index contributed by atoms with van der Waals surface area (Å²) in [5, 5.41) is 6.81. The van der Waals surface area contributed by atoms with Crippen molar-refractivity contribution in [3.8, 4) is 11.5 Å². The first-order valence-electron chi connectivity index (χ1n) is 9.42. The van der Waals surface area contributed by atoms with E-state index >= 15 is 0 Å². The van der Waals surface area contributed by atoms with Crippen molar-refractivity contribution in [1.82, 2.24) is 5.43 Å². The highest BCUT2D eigenvalue weighted by Gasteiger charge is 2.16. The molecule has 0 aliphatic heterocycles. The minimum absolute atomic E-state index is 0.246. The molecule has 0 aromatic heterocycles. The Morgan fingerprint density at radius 1 is 0.939 bits per heavy atom. The van der Waals surface area contributed by atoms with E-state index in [1.807, 2.05) is 0 Å². The molecule has 168 valence electrons. The lowest BCUT2D eigenvalue weighted by Crippen LogP contribution is -2.32. The van der Waals surface area contributed by atoms with E-state index in [-0.39, 0.29) is 11.3 Å². The van der Waals surface area contributed by atoms with E-state index in [0.717, 1.165) is 0 Å². The van der Waals surface area contributed by atoms with Crippen molar-refractivity contribution in [1.29, 1.82) is 0 Å². The fraction of sp³-hybridized carbons (Fsp3) is 0.0435. The number of rotatable bonds is 6. The summed E-state index contributed by atoms with van der Waals surface area (Å²) in [5.74, 6) is -1.87. The molecule has 0 spiro atoms. The van der Waals surface area contributed by atoms with Gasteiger partial charge in [-0.25, -0.2) is 10.2 Å². The van der Waals surface area contributed by atoms with E-state index in [1.54, 1.807) is 60.7 Å². The highest BCUT2D eigenvalue weighted by Crippen LogP contribution is 2.27. The molecule has 0 fully saturated rings. The van der Waals surface area contributed by atoms with Crippen molar-refractivity contribution in [3.63, 3.8) is 0 Å². The summed E-state index contributed by atoms with van der Waals surface area (Å²) in [6.07, 6.45) is 1.32. The number of nitrogens with zero attached hydrogens (tertiary/aromatic N) is 1. The molecule has 0 unspecified atom stereocenters. The third-order valence-electron chi connectivity index (χ3n) is 4.18. The summed E-state index contributed by atoms with van der Waals surface area (Å²) in [7, 11) is 1.42. The molecule has 0 saturated heterocycles. The van der Waals surface area contributed by atoms with Crippen LogP contribution in [0.15, 0.2) is 71.8 Å². The number of amides is 2. The summed E-state index contributed by atoms with van der Waals surface area (Å²) in [4.78, 5) is 36.2. The van der Waals surface area contributed by atoms with Gasteiger partial charge in [0, 0.05) is 5.02 Å². The van der Waals surface area contributed by atoms with Gasteiger partial charge in [0.25, 0.3) is 0 Å². The first kappa shape index (κ1) is 23.8. The Hall–Kier alpha value is -3.88. The molecule has 2 N–H and O–H groups in total. The van der Waals surface area contributed by atoms with Gasteiger partial charge in [0.1, 0.15) is 11.5 Å². The van der Waals surface area contributed by atoms with Gasteiger partial charge in [-0.15, -0.1) is 0 Å². The molecular formula is C23H17Cl2N3O5. The zero-order chi connectivity index (χ0) is 23.8. The van der Waals surface area contributed by atoms with Crippen LogP contribution in [0.3, 0.4) is 0 Å². The van der Waals surface area contributed by atoms with Crippen LogP contribution in [0.5, 0.6) is 11.5 Å². The quantitative estimate of drug-likeness (QED) is 0.178. The summed E-state index contributed by atoms with van der Waals surface area (Å²) in [6.45, 7) is 0. The van der Waals surface area contributed by atoms with Crippen LogP contribution >= 0.6 is 23.2 Å². The van der Waals surface area contributed by atoms with Crippen LogP contribution in [-0.4, -0.2) is 31.1 Å². The number of methoxy groups -OCH3 is 1. The van der Waals surface area contributed by atoms with Crippen LogP contribution < -0.4 is 20.2 Å². The number of anilines is 1. The molecule has 0 bridgehead atoms. The lowest BCUT2D eigenvalue weighted by atomic mass is 10.2. The lowest BCUT2D eigenvalue weighted by Gasteiger charge is -2.09. The van der Waals surface area contributed by atoms with E-state index < -0.39 is 17.8 Å². The second-order valence-electron chi connectivity index (χ2n) is 6.44.